The van der Waals surface area contributed by atoms with Gasteiger partial charge in [0.15, 0.2) is 5.03 Å². The summed E-state index contributed by atoms with van der Waals surface area (Å²) in [5.41, 5.74) is 0.919. The standard InChI is InChI=1S/C20H25N5O4S/c1-23-13-18(21-14-23)30(28,29)22-16-7-9-24(10-8-16)17-11-19(26)25(20(17)27)12-15-5-3-2-4-6-15/h2-6,13-14,16-17,22H,7-12H2,1H3. The maximum Gasteiger partial charge on any atom is 0.259 e. The Morgan fingerprint density at radius 1 is 1.13 bits per heavy atom. The van der Waals surface area contributed by atoms with Gasteiger partial charge in [-0.05, 0) is 18.4 Å². The van der Waals surface area contributed by atoms with E-state index in [1.165, 1.54) is 17.4 Å². The summed E-state index contributed by atoms with van der Waals surface area (Å²) in [6.45, 7) is 1.39. The number of amides is 2. The Kier molecular flexibility index (Phi) is 5.72. The molecule has 0 spiro atoms. The zero-order valence-corrected chi connectivity index (χ0v) is 17.6. The average Bonchev–Trinajstić information content (AvgIpc) is 3.28. The Bertz CT molecular complexity index is 1030. The summed E-state index contributed by atoms with van der Waals surface area (Å²) in [6, 6.07) is 8.77. The van der Waals surface area contributed by atoms with Crippen molar-refractivity contribution >= 4 is 21.8 Å². The van der Waals surface area contributed by atoms with Gasteiger partial charge >= 0.3 is 0 Å². The van der Waals surface area contributed by atoms with Gasteiger partial charge in [0, 0.05) is 32.4 Å². The number of likely N-dealkylation sites (tertiary alicyclic amines) is 2. The average molecular weight is 432 g/mol. The van der Waals surface area contributed by atoms with E-state index in [1.54, 1.807) is 11.6 Å². The van der Waals surface area contributed by atoms with Crippen molar-refractivity contribution in [3.63, 3.8) is 0 Å². The van der Waals surface area contributed by atoms with Gasteiger partial charge in [0.25, 0.3) is 10.0 Å². The number of nitrogens with zero attached hydrogens (tertiary/aromatic N) is 4. The lowest BCUT2D eigenvalue weighted by atomic mass is 10.0. The molecular weight excluding hydrogens is 406 g/mol. The van der Waals surface area contributed by atoms with Gasteiger partial charge in [-0.15, -0.1) is 0 Å². The lowest BCUT2D eigenvalue weighted by Crippen LogP contribution is -2.50. The number of carbonyl (C=O) groups excluding carboxylic acids is 2. The first-order chi connectivity index (χ1) is 14.3. The molecule has 10 heteroatoms. The largest absolute Gasteiger partial charge is 0.339 e. The number of hydrogen-bond acceptors (Lipinski definition) is 6. The molecule has 2 aliphatic rings. The van der Waals surface area contributed by atoms with Crippen LogP contribution in [0.1, 0.15) is 24.8 Å². The molecule has 1 aromatic heterocycles. The monoisotopic (exact) mass is 431 g/mol. The molecule has 0 saturated carbocycles. The van der Waals surface area contributed by atoms with Gasteiger partial charge in [0.1, 0.15) is 0 Å². The van der Waals surface area contributed by atoms with Crippen LogP contribution >= 0.6 is 0 Å². The first-order valence-corrected chi connectivity index (χ1v) is 11.4. The van der Waals surface area contributed by atoms with E-state index in [9.17, 15) is 18.0 Å². The molecule has 160 valence electrons. The molecular formula is C20H25N5O4S. The van der Waals surface area contributed by atoms with Crippen LogP contribution in [0, 0.1) is 0 Å². The van der Waals surface area contributed by atoms with E-state index in [-0.39, 0.29) is 35.8 Å². The van der Waals surface area contributed by atoms with Crippen molar-refractivity contribution in [3.05, 3.63) is 48.4 Å². The van der Waals surface area contributed by atoms with Crippen molar-refractivity contribution in [1.29, 1.82) is 0 Å². The van der Waals surface area contributed by atoms with Crippen molar-refractivity contribution in [1.82, 2.24) is 24.1 Å². The van der Waals surface area contributed by atoms with Crippen LogP contribution in [0.5, 0.6) is 0 Å². The summed E-state index contributed by atoms with van der Waals surface area (Å²) < 4.78 is 29.2. The van der Waals surface area contributed by atoms with Gasteiger partial charge in [0.2, 0.25) is 11.8 Å². The Hall–Kier alpha value is -2.56. The number of rotatable bonds is 6. The molecule has 1 aromatic carbocycles. The molecule has 2 aliphatic heterocycles. The van der Waals surface area contributed by atoms with Crippen molar-refractivity contribution in [3.8, 4) is 0 Å². The summed E-state index contributed by atoms with van der Waals surface area (Å²) >= 11 is 0. The van der Waals surface area contributed by atoms with Crippen LogP contribution in [0.4, 0.5) is 0 Å². The fourth-order valence-electron chi connectivity index (χ4n) is 4.02. The normalized spacial score (nSPS) is 21.5. The lowest BCUT2D eigenvalue weighted by molar-refractivity contribution is -0.140. The number of piperidine rings is 1. The SMILES string of the molecule is Cn1cnc(S(=O)(=O)NC2CCN(C3CC(=O)N(Cc4ccccc4)C3=O)CC2)c1. The number of benzene rings is 1. The molecule has 9 nitrogen and oxygen atoms in total. The van der Waals surface area contributed by atoms with E-state index in [4.69, 9.17) is 0 Å². The zero-order valence-electron chi connectivity index (χ0n) is 16.8. The summed E-state index contributed by atoms with van der Waals surface area (Å²) in [5, 5.41) is 0.000510. The molecule has 4 rings (SSSR count). The van der Waals surface area contributed by atoms with Gasteiger partial charge < -0.3 is 4.57 Å². The Morgan fingerprint density at radius 2 is 1.83 bits per heavy atom. The van der Waals surface area contributed by atoms with Crippen LogP contribution in [-0.4, -0.2) is 64.8 Å². The van der Waals surface area contributed by atoms with Crippen LogP contribution in [0.2, 0.25) is 0 Å². The van der Waals surface area contributed by atoms with Gasteiger partial charge in [-0.3, -0.25) is 19.4 Å². The number of nitrogens with one attached hydrogen (secondary N) is 1. The first kappa shape index (κ1) is 20.7. The van der Waals surface area contributed by atoms with Crippen molar-refractivity contribution in [2.24, 2.45) is 7.05 Å². The van der Waals surface area contributed by atoms with Crippen molar-refractivity contribution in [2.45, 2.75) is 42.9 Å². The van der Waals surface area contributed by atoms with Crippen molar-refractivity contribution < 1.29 is 18.0 Å². The van der Waals surface area contributed by atoms with Gasteiger partial charge in [-0.2, -0.15) is 0 Å². The number of hydrogen-bond donors (Lipinski definition) is 1. The van der Waals surface area contributed by atoms with Crippen LogP contribution in [0.15, 0.2) is 47.9 Å². The highest BCUT2D eigenvalue weighted by molar-refractivity contribution is 7.89. The molecule has 2 saturated heterocycles. The molecule has 0 radical (unpaired) electrons. The van der Waals surface area contributed by atoms with Gasteiger partial charge in [-0.1, -0.05) is 30.3 Å². The third-order valence-corrected chi connectivity index (χ3v) is 7.06. The minimum Gasteiger partial charge on any atom is -0.339 e. The maximum atomic E-state index is 12.9. The van der Waals surface area contributed by atoms with E-state index < -0.39 is 16.1 Å². The molecule has 0 aliphatic carbocycles. The highest BCUT2D eigenvalue weighted by Gasteiger charge is 2.42. The smallest absolute Gasteiger partial charge is 0.259 e. The predicted octanol–water partition coefficient (Wildman–Crippen LogP) is 0.491. The molecule has 0 bridgehead atoms. The molecule has 1 atom stereocenters. The minimum atomic E-state index is -3.67. The molecule has 2 aromatic rings. The molecule has 3 heterocycles. The maximum absolute atomic E-state index is 12.9. The number of carbonyl (C=O) groups is 2. The Labute approximate surface area is 175 Å². The second kappa shape index (κ2) is 8.29. The number of imidazole rings is 1. The highest BCUT2D eigenvalue weighted by Crippen LogP contribution is 2.24. The van der Waals surface area contributed by atoms with Crippen LogP contribution < -0.4 is 4.72 Å². The van der Waals surface area contributed by atoms with E-state index in [0.29, 0.717) is 25.9 Å². The summed E-state index contributed by atoms with van der Waals surface area (Å²) in [6.07, 6.45) is 4.23. The van der Waals surface area contributed by atoms with Crippen LogP contribution in [-0.2, 0) is 33.2 Å². The molecule has 2 fully saturated rings. The fourth-order valence-corrected chi connectivity index (χ4v) is 5.31. The Balaban J connectivity index is 1.34. The van der Waals surface area contributed by atoms with Crippen molar-refractivity contribution in [2.75, 3.05) is 13.1 Å². The molecule has 30 heavy (non-hydrogen) atoms. The van der Waals surface area contributed by atoms with Gasteiger partial charge in [0.05, 0.1) is 25.3 Å². The number of imide groups is 1. The number of sulfonamides is 1. The molecule has 1 N–H and O–H groups in total. The zero-order chi connectivity index (χ0) is 21.3. The lowest BCUT2D eigenvalue weighted by Gasteiger charge is -2.34. The van der Waals surface area contributed by atoms with E-state index in [0.717, 1.165) is 5.56 Å². The quantitative estimate of drug-likeness (QED) is 0.668. The highest BCUT2D eigenvalue weighted by atomic mass is 32.2. The minimum absolute atomic E-state index is 0.000510. The third-order valence-electron chi connectivity index (χ3n) is 5.65. The number of aryl methyl sites for hydroxylation is 1. The van der Waals surface area contributed by atoms with E-state index >= 15 is 0 Å². The molecule has 1 unspecified atom stereocenters. The van der Waals surface area contributed by atoms with Crippen LogP contribution in [0.3, 0.4) is 0 Å². The number of aromatic nitrogens is 2. The van der Waals surface area contributed by atoms with Gasteiger partial charge in [-0.25, -0.2) is 18.1 Å². The van der Waals surface area contributed by atoms with E-state index in [2.05, 4.69) is 9.71 Å². The third kappa shape index (κ3) is 4.30. The second-order valence-electron chi connectivity index (χ2n) is 7.83. The first-order valence-electron chi connectivity index (χ1n) is 9.96. The predicted molar refractivity (Wildman–Crippen MR) is 109 cm³/mol. The summed E-state index contributed by atoms with van der Waals surface area (Å²) in [5.74, 6) is -0.330. The second-order valence-corrected chi connectivity index (χ2v) is 9.49. The Morgan fingerprint density at radius 3 is 2.47 bits per heavy atom. The molecule has 2 amide bonds. The summed E-state index contributed by atoms with van der Waals surface area (Å²) in [4.78, 5) is 32.5. The van der Waals surface area contributed by atoms with Crippen LogP contribution in [0.25, 0.3) is 0 Å². The summed E-state index contributed by atoms with van der Waals surface area (Å²) in [7, 11) is -1.95. The topological polar surface area (TPSA) is 105 Å². The fraction of sp³-hybridized carbons (Fsp3) is 0.450. The van der Waals surface area contributed by atoms with E-state index in [1.807, 2.05) is 35.2 Å².